The molecule has 0 unspecified atom stereocenters. The zero-order chi connectivity index (χ0) is 22.7. The largest absolute Gasteiger partial charge is 0.352 e. The van der Waals surface area contributed by atoms with Gasteiger partial charge in [-0.1, -0.05) is 48.2 Å². The first-order valence-electron chi connectivity index (χ1n) is 10.4. The summed E-state index contributed by atoms with van der Waals surface area (Å²) in [6.07, 6.45) is 1.72. The molecule has 162 valence electrons. The number of hydrogen-bond donors (Lipinski definition) is 2. The molecule has 0 aromatic heterocycles. The van der Waals surface area contributed by atoms with Gasteiger partial charge in [0.15, 0.2) is 5.78 Å². The van der Waals surface area contributed by atoms with Crippen molar-refractivity contribution in [1.82, 2.24) is 5.32 Å². The summed E-state index contributed by atoms with van der Waals surface area (Å²) in [5.74, 6) is -1.44. The van der Waals surface area contributed by atoms with Crippen LogP contribution in [0, 0.1) is 24.1 Å². The van der Waals surface area contributed by atoms with Crippen molar-refractivity contribution in [2.24, 2.45) is 0 Å². The Morgan fingerprint density at radius 3 is 2.72 bits per heavy atom. The van der Waals surface area contributed by atoms with E-state index < -0.39 is 11.7 Å². The number of hydrogen-bond acceptors (Lipinski definition) is 5. The van der Waals surface area contributed by atoms with E-state index in [-0.39, 0.29) is 23.0 Å². The van der Waals surface area contributed by atoms with Crippen molar-refractivity contribution in [1.29, 1.82) is 5.26 Å². The van der Waals surface area contributed by atoms with Gasteiger partial charge in [0.1, 0.15) is 5.82 Å². The number of halogens is 1. The maximum absolute atomic E-state index is 14.7. The van der Waals surface area contributed by atoms with Gasteiger partial charge in [-0.05, 0) is 37.5 Å². The number of nitriles is 1. The molecule has 32 heavy (non-hydrogen) atoms. The van der Waals surface area contributed by atoms with Crippen LogP contribution in [0.2, 0.25) is 0 Å². The molecule has 0 fully saturated rings. The molecule has 1 aliphatic carbocycles. The fourth-order valence-electron chi connectivity index (χ4n) is 4.09. The highest BCUT2D eigenvalue weighted by Crippen LogP contribution is 2.44. The molecule has 2 N–H and O–H groups in total. The lowest BCUT2D eigenvalue weighted by molar-refractivity contribution is -0.116. The lowest BCUT2D eigenvalue weighted by Crippen LogP contribution is -2.32. The quantitative estimate of drug-likeness (QED) is 0.679. The van der Waals surface area contributed by atoms with E-state index in [0.29, 0.717) is 35.4 Å². The molecule has 2 aromatic rings. The molecule has 1 aliphatic heterocycles. The molecule has 4 rings (SSSR count). The lowest BCUT2D eigenvalue weighted by atomic mass is 9.76. The Bertz CT molecular complexity index is 1200. The Kier molecular flexibility index (Phi) is 6.42. The highest BCUT2D eigenvalue weighted by Gasteiger charge is 2.38. The lowest BCUT2D eigenvalue weighted by Gasteiger charge is -2.33. The molecule has 0 saturated heterocycles. The minimum atomic E-state index is -0.771. The first-order chi connectivity index (χ1) is 15.5. The first kappa shape index (κ1) is 21.8. The first-order valence-corrected chi connectivity index (χ1v) is 11.4. The molecule has 0 spiro atoms. The molecule has 0 radical (unpaired) electrons. The summed E-state index contributed by atoms with van der Waals surface area (Å²) in [5.41, 5.74) is 3.43. The summed E-state index contributed by atoms with van der Waals surface area (Å²) in [5, 5.41) is 16.6. The van der Waals surface area contributed by atoms with Crippen LogP contribution in [0.5, 0.6) is 0 Å². The highest BCUT2D eigenvalue weighted by molar-refractivity contribution is 8.03. The van der Waals surface area contributed by atoms with Gasteiger partial charge in [0, 0.05) is 28.9 Å². The van der Waals surface area contributed by atoms with Crippen molar-refractivity contribution in [2.75, 3.05) is 11.1 Å². The summed E-state index contributed by atoms with van der Waals surface area (Å²) in [6, 6.07) is 15.9. The van der Waals surface area contributed by atoms with Gasteiger partial charge in [-0.15, -0.1) is 0 Å². The molecule has 2 aliphatic rings. The predicted molar refractivity (Wildman–Crippen MR) is 123 cm³/mol. The van der Waals surface area contributed by atoms with Crippen molar-refractivity contribution < 1.29 is 14.0 Å². The summed E-state index contributed by atoms with van der Waals surface area (Å²) in [6.45, 7) is 1.91. The average Bonchev–Trinajstić information content (AvgIpc) is 2.79. The van der Waals surface area contributed by atoms with E-state index in [0.717, 1.165) is 16.9 Å². The number of allylic oxidation sites excluding steroid dienone is 3. The maximum atomic E-state index is 14.7. The highest BCUT2D eigenvalue weighted by atomic mass is 32.2. The topological polar surface area (TPSA) is 82.0 Å². The SMILES string of the molecule is Cc1ccccc1NC(=O)CSC1=C(C#N)[C@H](c2ccccc2F)C2=C(CCCC2=O)N1. The van der Waals surface area contributed by atoms with Crippen LogP contribution in [0.15, 0.2) is 70.4 Å². The molecule has 1 amide bonds. The van der Waals surface area contributed by atoms with E-state index in [1.165, 1.54) is 17.8 Å². The van der Waals surface area contributed by atoms with Gasteiger partial charge < -0.3 is 10.6 Å². The van der Waals surface area contributed by atoms with Gasteiger partial charge in [-0.3, -0.25) is 9.59 Å². The van der Waals surface area contributed by atoms with E-state index in [1.54, 1.807) is 18.2 Å². The molecular weight excluding hydrogens is 425 g/mol. The number of para-hydroxylation sites is 1. The number of thioether (sulfide) groups is 1. The number of carbonyl (C=O) groups is 2. The van der Waals surface area contributed by atoms with Crippen LogP contribution in [0.3, 0.4) is 0 Å². The van der Waals surface area contributed by atoms with Crippen molar-refractivity contribution in [2.45, 2.75) is 32.1 Å². The fourth-order valence-corrected chi connectivity index (χ4v) is 4.96. The van der Waals surface area contributed by atoms with Crippen LogP contribution >= 0.6 is 11.8 Å². The Labute approximate surface area is 190 Å². The number of nitrogens with one attached hydrogen (secondary N) is 2. The Morgan fingerprint density at radius 2 is 1.97 bits per heavy atom. The van der Waals surface area contributed by atoms with E-state index in [1.807, 2.05) is 31.2 Å². The third-order valence-corrected chi connectivity index (χ3v) is 6.66. The van der Waals surface area contributed by atoms with Gasteiger partial charge in [0.25, 0.3) is 0 Å². The van der Waals surface area contributed by atoms with Crippen LogP contribution < -0.4 is 10.6 Å². The van der Waals surface area contributed by atoms with Crippen molar-refractivity contribution in [3.05, 3.63) is 87.3 Å². The number of benzene rings is 2. The molecule has 7 heteroatoms. The third kappa shape index (κ3) is 4.32. The standard InChI is InChI=1S/C25H22FN3O2S/c1-15-7-2-5-10-19(15)28-22(31)14-32-25-17(13-27)23(16-8-3-4-9-18(16)26)24-20(29-25)11-6-12-21(24)30/h2-5,7-10,23,29H,6,11-12,14H2,1H3,(H,28,31)/t23-/m0/s1. The number of nitrogens with zero attached hydrogens (tertiary/aromatic N) is 1. The van der Waals surface area contributed by atoms with Crippen LogP contribution in [-0.2, 0) is 9.59 Å². The van der Waals surface area contributed by atoms with Gasteiger partial charge in [-0.25, -0.2) is 4.39 Å². The van der Waals surface area contributed by atoms with E-state index in [2.05, 4.69) is 16.7 Å². The number of dihydropyridines is 1. The van der Waals surface area contributed by atoms with Crippen LogP contribution in [0.4, 0.5) is 10.1 Å². The number of ketones is 1. The molecule has 5 nitrogen and oxygen atoms in total. The second-order valence-electron chi connectivity index (χ2n) is 7.75. The molecule has 0 saturated carbocycles. The Balaban J connectivity index is 1.64. The van der Waals surface area contributed by atoms with Crippen molar-refractivity contribution >= 4 is 29.1 Å². The van der Waals surface area contributed by atoms with Gasteiger partial charge in [0.2, 0.25) is 5.91 Å². The van der Waals surface area contributed by atoms with Gasteiger partial charge in [0.05, 0.1) is 28.3 Å². The minimum absolute atomic E-state index is 0.0684. The van der Waals surface area contributed by atoms with Crippen LogP contribution in [0.25, 0.3) is 0 Å². The number of Topliss-reactive ketones (excluding diaryl/α,β-unsaturated/α-hetero) is 1. The average molecular weight is 448 g/mol. The molecular formula is C25H22FN3O2S. The third-order valence-electron chi connectivity index (χ3n) is 5.65. The Hall–Kier alpha value is -3.37. The maximum Gasteiger partial charge on any atom is 0.234 e. The van der Waals surface area contributed by atoms with Crippen LogP contribution in [-0.4, -0.2) is 17.4 Å². The minimum Gasteiger partial charge on any atom is -0.352 e. The van der Waals surface area contributed by atoms with Crippen molar-refractivity contribution in [3.63, 3.8) is 0 Å². The number of anilines is 1. The predicted octanol–water partition coefficient (Wildman–Crippen LogP) is 4.94. The number of rotatable bonds is 5. The van der Waals surface area contributed by atoms with Crippen molar-refractivity contribution in [3.8, 4) is 6.07 Å². The number of aryl methyl sites for hydroxylation is 1. The zero-order valence-corrected chi connectivity index (χ0v) is 18.4. The number of carbonyl (C=O) groups excluding carboxylic acids is 2. The molecule has 0 bridgehead atoms. The van der Waals surface area contributed by atoms with Gasteiger partial charge >= 0.3 is 0 Å². The fraction of sp³-hybridized carbons (Fsp3) is 0.240. The molecule has 1 heterocycles. The monoisotopic (exact) mass is 447 g/mol. The molecule has 1 atom stereocenters. The zero-order valence-electron chi connectivity index (χ0n) is 17.6. The molecule has 2 aromatic carbocycles. The van der Waals surface area contributed by atoms with E-state index >= 15 is 0 Å². The van der Waals surface area contributed by atoms with E-state index in [4.69, 9.17) is 0 Å². The summed E-state index contributed by atoms with van der Waals surface area (Å²) in [4.78, 5) is 25.3. The second-order valence-corrected chi connectivity index (χ2v) is 8.74. The smallest absolute Gasteiger partial charge is 0.234 e. The van der Waals surface area contributed by atoms with Gasteiger partial charge in [-0.2, -0.15) is 5.26 Å². The summed E-state index contributed by atoms with van der Waals surface area (Å²) < 4.78 is 14.7. The Morgan fingerprint density at radius 1 is 1.22 bits per heavy atom. The summed E-state index contributed by atoms with van der Waals surface area (Å²) >= 11 is 1.19. The van der Waals surface area contributed by atoms with E-state index in [9.17, 15) is 19.2 Å². The second kappa shape index (κ2) is 9.41. The van der Waals surface area contributed by atoms with Crippen LogP contribution in [0.1, 0.15) is 36.3 Å². The normalized spacial score (nSPS) is 18.0. The summed E-state index contributed by atoms with van der Waals surface area (Å²) in [7, 11) is 0. The number of amides is 1.